The molecule has 0 saturated heterocycles. The van der Waals surface area contributed by atoms with Crippen LogP contribution in [0.3, 0.4) is 0 Å². The number of H-pyrrole nitrogens is 1. The molecule has 8 heteroatoms. The van der Waals surface area contributed by atoms with Crippen LogP contribution in [-0.2, 0) is 0 Å². The first-order valence-electron chi connectivity index (χ1n) is 6.59. The summed E-state index contributed by atoms with van der Waals surface area (Å²) in [7, 11) is 0. The fourth-order valence-corrected chi connectivity index (χ4v) is 1.98. The van der Waals surface area contributed by atoms with Crippen molar-refractivity contribution in [1.82, 2.24) is 10.3 Å². The summed E-state index contributed by atoms with van der Waals surface area (Å²) >= 11 is 0. The zero-order valence-corrected chi connectivity index (χ0v) is 12.0. The number of benzene rings is 1. The minimum Gasteiger partial charge on any atom is -0.394 e. The average Bonchev–Trinajstić information content (AvgIpc) is 2.99. The van der Waals surface area contributed by atoms with Gasteiger partial charge in [0.05, 0.1) is 12.6 Å². The third-order valence-corrected chi connectivity index (χ3v) is 3.23. The van der Waals surface area contributed by atoms with Crippen LogP contribution in [0.15, 0.2) is 24.4 Å². The van der Waals surface area contributed by atoms with Gasteiger partial charge in [-0.15, -0.1) is 0 Å². The second-order valence-electron chi connectivity index (χ2n) is 4.87. The lowest BCUT2D eigenvalue weighted by atomic mass is 10.1. The molecule has 2 rings (SSSR count). The van der Waals surface area contributed by atoms with Crippen molar-refractivity contribution >= 4 is 11.7 Å². The summed E-state index contributed by atoms with van der Waals surface area (Å²) in [6.07, 6.45) is 1.34. The van der Waals surface area contributed by atoms with Gasteiger partial charge in [-0.2, -0.15) is 0 Å². The molecular weight excluding hydrogens is 313 g/mol. The molecule has 5 nitrogen and oxygen atoms in total. The van der Waals surface area contributed by atoms with Crippen molar-refractivity contribution in [3.63, 3.8) is 0 Å². The van der Waals surface area contributed by atoms with Gasteiger partial charge in [0.1, 0.15) is 5.69 Å². The van der Waals surface area contributed by atoms with Gasteiger partial charge in [-0.25, -0.2) is 13.2 Å². The smallest absolute Gasteiger partial charge is 0.268 e. The van der Waals surface area contributed by atoms with Gasteiger partial charge in [0, 0.05) is 11.8 Å². The van der Waals surface area contributed by atoms with Crippen LogP contribution >= 0.6 is 0 Å². The van der Waals surface area contributed by atoms with Crippen LogP contribution in [0.5, 0.6) is 0 Å². The largest absolute Gasteiger partial charge is 0.394 e. The molecule has 122 valence electrons. The highest BCUT2D eigenvalue weighted by molar-refractivity contribution is 5.99. The number of nitrogens with one attached hydrogen (secondary N) is 2. The number of amides is 1. The molecule has 0 bridgehead atoms. The first-order valence-corrected chi connectivity index (χ1v) is 6.59. The number of rotatable bonds is 5. The lowest BCUT2D eigenvalue weighted by Crippen LogP contribution is -2.31. The summed E-state index contributed by atoms with van der Waals surface area (Å²) in [5.74, 6) is -5.42. The van der Waals surface area contributed by atoms with Crippen molar-refractivity contribution < 1.29 is 27.9 Å². The minimum atomic E-state index is -1.63. The average molecular weight is 326 g/mol. The molecule has 0 saturated carbocycles. The summed E-state index contributed by atoms with van der Waals surface area (Å²) in [4.78, 5) is 25.8. The van der Waals surface area contributed by atoms with E-state index in [0.717, 1.165) is 0 Å². The molecule has 0 aliphatic rings. The maximum Gasteiger partial charge on any atom is 0.268 e. The summed E-state index contributed by atoms with van der Waals surface area (Å²) < 4.78 is 39.4. The van der Waals surface area contributed by atoms with E-state index in [9.17, 15) is 27.9 Å². The topological polar surface area (TPSA) is 82.2 Å². The molecule has 3 N–H and O–H groups in total. The Bertz CT molecular complexity index is 735. The molecule has 23 heavy (non-hydrogen) atoms. The van der Waals surface area contributed by atoms with E-state index in [1.165, 1.54) is 19.2 Å². The quantitative estimate of drug-likeness (QED) is 0.581. The molecule has 1 heterocycles. The van der Waals surface area contributed by atoms with Crippen LogP contribution in [0.1, 0.15) is 39.4 Å². The standard InChI is InChI=1S/C15H13F3N2O3/c1-7(22)9-4-12(19-5-9)15(23)20-13(6-21)8-2-10(16)14(18)11(17)3-8/h2-5,13,19,21H,6H2,1H3,(H,20,23). The second-order valence-corrected chi connectivity index (χ2v) is 4.87. The van der Waals surface area contributed by atoms with Crippen LogP contribution in [0.4, 0.5) is 13.2 Å². The van der Waals surface area contributed by atoms with Gasteiger partial charge in [-0.3, -0.25) is 9.59 Å². The van der Waals surface area contributed by atoms with E-state index in [1.54, 1.807) is 0 Å². The molecule has 0 aliphatic heterocycles. The minimum absolute atomic E-state index is 0.0386. The van der Waals surface area contributed by atoms with Gasteiger partial charge in [0.2, 0.25) is 0 Å². The van der Waals surface area contributed by atoms with Crippen molar-refractivity contribution in [2.24, 2.45) is 0 Å². The van der Waals surface area contributed by atoms with Crippen molar-refractivity contribution in [1.29, 1.82) is 0 Å². The number of carbonyl (C=O) groups is 2. The number of hydrogen-bond acceptors (Lipinski definition) is 3. The van der Waals surface area contributed by atoms with E-state index in [2.05, 4.69) is 10.3 Å². The fraction of sp³-hybridized carbons (Fsp3) is 0.200. The molecule has 1 aromatic heterocycles. The number of aromatic nitrogens is 1. The van der Waals surface area contributed by atoms with Crippen LogP contribution in [0.2, 0.25) is 0 Å². The first kappa shape index (κ1) is 16.8. The number of carbonyl (C=O) groups excluding carboxylic acids is 2. The Balaban J connectivity index is 2.21. The normalized spacial score (nSPS) is 12.0. The molecule has 0 fully saturated rings. The zero-order chi connectivity index (χ0) is 17.1. The Morgan fingerprint density at radius 3 is 2.30 bits per heavy atom. The van der Waals surface area contributed by atoms with Gasteiger partial charge in [0.15, 0.2) is 23.2 Å². The molecule has 1 unspecified atom stereocenters. The molecular formula is C15H13F3N2O3. The number of halogens is 3. The van der Waals surface area contributed by atoms with Crippen molar-refractivity contribution in [3.8, 4) is 0 Å². The Kier molecular flexibility index (Phi) is 4.85. The number of Topliss-reactive ketones (excluding diaryl/α,β-unsaturated/α-hetero) is 1. The Hall–Kier alpha value is -2.61. The predicted octanol–water partition coefficient (Wildman–Crippen LogP) is 2.10. The van der Waals surface area contributed by atoms with E-state index in [1.807, 2.05) is 0 Å². The van der Waals surface area contributed by atoms with Gasteiger partial charge in [0.25, 0.3) is 5.91 Å². The van der Waals surface area contributed by atoms with E-state index in [4.69, 9.17) is 0 Å². The van der Waals surface area contributed by atoms with Crippen molar-refractivity contribution in [2.75, 3.05) is 6.61 Å². The first-order chi connectivity index (χ1) is 10.8. The highest BCUT2D eigenvalue weighted by Gasteiger charge is 2.20. The maximum absolute atomic E-state index is 13.2. The van der Waals surface area contributed by atoms with Crippen LogP contribution in [0, 0.1) is 17.5 Å². The monoisotopic (exact) mass is 326 g/mol. The summed E-state index contributed by atoms with van der Waals surface area (Å²) in [5.41, 5.74) is 0.196. The summed E-state index contributed by atoms with van der Waals surface area (Å²) in [5, 5.41) is 11.6. The van der Waals surface area contributed by atoms with Crippen LogP contribution in [-0.4, -0.2) is 28.4 Å². The maximum atomic E-state index is 13.2. The van der Waals surface area contributed by atoms with Crippen molar-refractivity contribution in [2.45, 2.75) is 13.0 Å². The van der Waals surface area contributed by atoms with Gasteiger partial charge in [-0.1, -0.05) is 0 Å². The van der Waals surface area contributed by atoms with Crippen LogP contribution in [0.25, 0.3) is 0 Å². The highest BCUT2D eigenvalue weighted by Crippen LogP contribution is 2.19. The molecule has 0 radical (unpaired) electrons. The molecule has 0 spiro atoms. The Morgan fingerprint density at radius 1 is 1.22 bits per heavy atom. The molecule has 1 aromatic carbocycles. The lowest BCUT2D eigenvalue weighted by Gasteiger charge is -2.16. The number of hydrogen-bond donors (Lipinski definition) is 3. The van der Waals surface area contributed by atoms with Gasteiger partial charge >= 0.3 is 0 Å². The van der Waals surface area contributed by atoms with E-state index in [-0.39, 0.29) is 22.6 Å². The van der Waals surface area contributed by atoms with E-state index >= 15 is 0 Å². The number of ketones is 1. The van der Waals surface area contributed by atoms with Gasteiger partial charge < -0.3 is 15.4 Å². The number of aliphatic hydroxyl groups excluding tert-OH is 1. The van der Waals surface area contributed by atoms with Crippen molar-refractivity contribution in [3.05, 3.63) is 58.7 Å². The Labute approximate surface area is 129 Å². The van der Waals surface area contributed by atoms with Gasteiger partial charge in [-0.05, 0) is 30.7 Å². The SMILES string of the molecule is CC(=O)c1c[nH]c(C(=O)NC(CO)c2cc(F)c(F)c(F)c2)c1. The molecule has 1 atom stereocenters. The van der Waals surface area contributed by atoms with Crippen LogP contribution < -0.4 is 5.32 Å². The van der Waals surface area contributed by atoms with E-state index < -0.39 is 36.0 Å². The lowest BCUT2D eigenvalue weighted by molar-refractivity contribution is 0.0911. The summed E-state index contributed by atoms with van der Waals surface area (Å²) in [6.45, 7) is 0.669. The highest BCUT2D eigenvalue weighted by atomic mass is 19.2. The molecule has 1 amide bonds. The zero-order valence-electron chi connectivity index (χ0n) is 12.0. The third kappa shape index (κ3) is 3.59. The Morgan fingerprint density at radius 2 is 1.83 bits per heavy atom. The summed E-state index contributed by atoms with van der Waals surface area (Å²) in [6, 6.07) is 1.54. The van der Waals surface area contributed by atoms with E-state index in [0.29, 0.717) is 12.1 Å². The second kappa shape index (κ2) is 6.66. The predicted molar refractivity (Wildman–Crippen MR) is 74.4 cm³/mol. The molecule has 0 aliphatic carbocycles. The third-order valence-electron chi connectivity index (χ3n) is 3.23. The fourth-order valence-electron chi connectivity index (χ4n) is 1.98. The molecule has 2 aromatic rings. The number of aromatic amines is 1. The number of aliphatic hydroxyl groups is 1.